The van der Waals surface area contributed by atoms with Crippen LogP contribution >= 0.6 is 7.82 Å². The summed E-state index contributed by atoms with van der Waals surface area (Å²) in [5, 5.41) is 0. The number of hydrogen-bond acceptors (Lipinski definition) is 8. The number of unbranched alkanes of at least 4 members (excludes halogenated alkanes) is 26. The molecule has 9 nitrogen and oxygen atoms in total. The number of phosphoric acid groups is 1. The van der Waals surface area contributed by atoms with Crippen LogP contribution in [-0.4, -0.2) is 70.0 Å². The Bertz CT molecular complexity index is 1130. The monoisotopic (exact) mass is 882 g/mol. The van der Waals surface area contributed by atoms with Gasteiger partial charge < -0.3 is 27.9 Å². The first-order chi connectivity index (χ1) is 29.5. The van der Waals surface area contributed by atoms with Crippen molar-refractivity contribution in [3.63, 3.8) is 0 Å². The zero-order valence-corrected chi connectivity index (χ0v) is 41.3. The molecule has 1 unspecified atom stereocenters. The first-order valence-electron chi connectivity index (χ1n) is 25.2. The topological polar surface area (TPSA) is 111 Å². The Morgan fingerprint density at radius 2 is 0.902 bits per heavy atom. The average Bonchev–Trinajstić information content (AvgIpc) is 3.21. The molecular weight excluding hydrogens is 786 g/mol. The molecule has 0 saturated carbocycles. The maximum Gasteiger partial charge on any atom is 0.306 e. The zero-order valence-electron chi connectivity index (χ0n) is 40.4. The third-order valence-electron chi connectivity index (χ3n) is 10.9. The highest BCUT2D eigenvalue weighted by atomic mass is 31.2. The lowest BCUT2D eigenvalue weighted by molar-refractivity contribution is -0.870. The van der Waals surface area contributed by atoms with Gasteiger partial charge in [-0.05, 0) is 44.9 Å². The van der Waals surface area contributed by atoms with Crippen LogP contribution in [0.1, 0.15) is 226 Å². The predicted molar refractivity (Wildman–Crippen MR) is 254 cm³/mol. The van der Waals surface area contributed by atoms with Gasteiger partial charge in [-0.1, -0.05) is 204 Å². The summed E-state index contributed by atoms with van der Waals surface area (Å²) < 4.78 is 34.0. The van der Waals surface area contributed by atoms with Crippen molar-refractivity contribution in [2.75, 3.05) is 47.5 Å². The van der Waals surface area contributed by atoms with E-state index in [1.54, 1.807) is 0 Å². The Morgan fingerprint density at radius 1 is 0.508 bits per heavy atom. The summed E-state index contributed by atoms with van der Waals surface area (Å²) in [7, 11) is 1.14. The first-order valence-corrected chi connectivity index (χ1v) is 26.7. The second-order valence-electron chi connectivity index (χ2n) is 18.2. The molecule has 0 aliphatic rings. The van der Waals surface area contributed by atoms with Crippen molar-refractivity contribution in [3.05, 3.63) is 36.5 Å². The van der Waals surface area contributed by atoms with E-state index in [9.17, 15) is 19.0 Å². The first kappa shape index (κ1) is 59.2. The number of nitrogens with zero attached hydrogens (tertiary/aromatic N) is 1. The number of hydrogen-bond donors (Lipinski definition) is 0. The van der Waals surface area contributed by atoms with Gasteiger partial charge in [0.05, 0.1) is 27.7 Å². The number of carbonyl (C=O) groups is 2. The van der Waals surface area contributed by atoms with E-state index in [0.717, 1.165) is 38.5 Å². The van der Waals surface area contributed by atoms with Crippen molar-refractivity contribution in [2.45, 2.75) is 232 Å². The Kier molecular flexibility index (Phi) is 42.2. The molecule has 0 fully saturated rings. The minimum Gasteiger partial charge on any atom is -0.756 e. The van der Waals surface area contributed by atoms with Crippen molar-refractivity contribution in [1.29, 1.82) is 0 Å². The minimum atomic E-state index is -4.64. The van der Waals surface area contributed by atoms with E-state index in [1.807, 2.05) is 21.1 Å². The van der Waals surface area contributed by atoms with Crippen molar-refractivity contribution in [2.24, 2.45) is 0 Å². The van der Waals surface area contributed by atoms with Gasteiger partial charge >= 0.3 is 11.9 Å². The molecule has 0 aromatic heterocycles. The van der Waals surface area contributed by atoms with Gasteiger partial charge in [-0.3, -0.25) is 14.2 Å². The molecular formula is C51H96NO8P. The Labute approximate surface area is 376 Å². The Balaban J connectivity index is 4.31. The smallest absolute Gasteiger partial charge is 0.306 e. The molecule has 0 amide bonds. The Hall–Kier alpha value is -1.77. The molecule has 0 spiro atoms. The molecule has 0 saturated heterocycles. The van der Waals surface area contributed by atoms with Crippen molar-refractivity contribution in [3.8, 4) is 0 Å². The minimum absolute atomic E-state index is 0.0388. The van der Waals surface area contributed by atoms with E-state index < -0.39 is 32.5 Å². The van der Waals surface area contributed by atoms with Gasteiger partial charge in [-0.2, -0.15) is 0 Å². The average molecular weight is 882 g/mol. The SMILES string of the molecule is CCCCCCCC/C=C/C/C=C/C/C=C/CCCC(=O)O[C@H](COC(=O)CCCCCCCCCCCCCCCCCCCCCC)COP(=O)([O-])OCC[N+](C)(C)C. The van der Waals surface area contributed by atoms with Crippen molar-refractivity contribution in [1.82, 2.24) is 0 Å². The molecule has 0 bridgehead atoms. The summed E-state index contributed by atoms with van der Waals surface area (Å²) in [6, 6.07) is 0. The summed E-state index contributed by atoms with van der Waals surface area (Å²) in [5.41, 5.74) is 0. The molecule has 0 radical (unpaired) electrons. The molecule has 0 N–H and O–H groups in total. The van der Waals surface area contributed by atoms with Crippen LogP contribution in [0.3, 0.4) is 0 Å². The van der Waals surface area contributed by atoms with E-state index in [1.165, 1.54) is 148 Å². The van der Waals surface area contributed by atoms with Crippen LogP contribution < -0.4 is 4.89 Å². The third kappa shape index (κ3) is 47.5. The largest absolute Gasteiger partial charge is 0.756 e. The number of carbonyl (C=O) groups excluding carboxylic acids is 2. The van der Waals surface area contributed by atoms with E-state index in [4.69, 9.17) is 18.5 Å². The fourth-order valence-corrected chi connectivity index (χ4v) is 7.69. The highest BCUT2D eigenvalue weighted by molar-refractivity contribution is 7.45. The number of likely N-dealkylation sites (N-methyl/N-ethyl adjacent to an activating group) is 1. The van der Waals surface area contributed by atoms with Gasteiger partial charge in [0.25, 0.3) is 7.82 Å². The van der Waals surface area contributed by atoms with E-state index in [2.05, 4.69) is 50.3 Å². The summed E-state index contributed by atoms with van der Waals surface area (Å²) in [4.78, 5) is 37.6. The number of allylic oxidation sites excluding steroid dienone is 6. The van der Waals surface area contributed by atoms with Crippen LogP contribution in [-0.2, 0) is 32.7 Å². The zero-order chi connectivity index (χ0) is 45.0. The molecule has 10 heteroatoms. The second kappa shape index (κ2) is 43.5. The normalized spacial score (nSPS) is 13.7. The van der Waals surface area contributed by atoms with Gasteiger partial charge in [-0.25, -0.2) is 0 Å². The highest BCUT2D eigenvalue weighted by Crippen LogP contribution is 2.38. The highest BCUT2D eigenvalue weighted by Gasteiger charge is 2.21. The van der Waals surface area contributed by atoms with Gasteiger partial charge in [-0.15, -0.1) is 0 Å². The molecule has 0 aliphatic heterocycles. The van der Waals surface area contributed by atoms with Gasteiger partial charge in [0.1, 0.15) is 19.8 Å². The maximum atomic E-state index is 12.7. The van der Waals surface area contributed by atoms with Crippen LogP contribution in [0.15, 0.2) is 36.5 Å². The van der Waals surface area contributed by atoms with Crippen LogP contribution in [0.5, 0.6) is 0 Å². The molecule has 0 rings (SSSR count). The van der Waals surface area contributed by atoms with Crippen LogP contribution in [0.25, 0.3) is 0 Å². The van der Waals surface area contributed by atoms with Crippen LogP contribution in [0, 0.1) is 0 Å². The summed E-state index contributed by atoms with van der Waals surface area (Å²) >= 11 is 0. The van der Waals surface area contributed by atoms with Crippen molar-refractivity contribution >= 4 is 19.8 Å². The summed E-state index contributed by atoms with van der Waals surface area (Å²) in [6.07, 6.45) is 50.4. The molecule has 358 valence electrons. The number of rotatable bonds is 46. The second-order valence-corrected chi connectivity index (χ2v) is 19.6. The lowest BCUT2D eigenvalue weighted by atomic mass is 10.0. The van der Waals surface area contributed by atoms with Gasteiger partial charge in [0, 0.05) is 12.8 Å². The third-order valence-corrected chi connectivity index (χ3v) is 11.9. The fourth-order valence-electron chi connectivity index (χ4n) is 6.97. The molecule has 0 heterocycles. The molecule has 0 aliphatic carbocycles. The van der Waals surface area contributed by atoms with Crippen LogP contribution in [0.2, 0.25) is 0 Å². The van der Waals surface area contributed by atoms with Gasteiger partial charge in [0.15, 0.2) is 6.10 Å². The lowest BCUT2D eigenvalue weighted by Gasteiger charge is -2.28. The number of esters is 2. The lowest BCUT2D eigenvalue weighted by Crippen LogP contribution is -2.37. The van der Waals surface area contributed by atoms with E-state index in [-0.39, 0.29) is 26.1 Å². The molecule has 0 aromatic carbocycles. The fraction of sp³-hybridized carbons (Fsp3) is 0.843. The quantitative estimate of drug-likeness (QED) is 0.0195. The van der Waals surface area contributed by atoms with Gasteiger partial charge in [0.2, 0.25) is 0 Å². The standard InChI is InChI=1S/C51H96NO8P/c1-6-8-10-12-14-16-18-20-22-24-25-26-28-29-31-33-35-37-39-41-43-50(53)57-47-49(48-59-61(55,56)58-46-45-52(3,4)5)60-51(54)44-42-40-38-36-34-32-30-27-23-21-19-17-15-13-11-9-7-2/h21,23,30,32,36,38,49H,6-20,22,24-29,31,33-35,37,39-48H2,1-5H3/b23-21+,32-30+,38-36+/t49-/m1/s1. The maximum absolute atomic E-state index is 12.7. The summed E-state index contributed by atoms with van der Waals surface area (Å²) in [6.45, 7) is 4.19. The molecule has 2 atom stereocenters. The van der Waals surface area contributed by atoms with E-state index >= 15 is 0 Å². The van der Waals surface area contributed by atoms with Crippen LogP contribution in [0.4, 0.5) is 0 Å². The number of ether oxygens (including phenoxy) is 2. The summed E-state index contributed by atoms with van der Waals surface area (Å²) in [5.74, 6) is -0.886. The predicted octanol–water partition coefficient (Wildman–Crippen LogP) is 14.2. The number of phosphoric ester groups is 1. The van der Waals surface area contributed by atoms with E-state index in [0.29, 0.717) is 23.9 Å². The van der Waals surface area contributed by atoms with Crippen molar-refractivity contribution < 1.29 is 42.1 Å². The molecule has 0 aromatic rings. The molecule has 61 heavy (non-hydrogen) atoms. The Morgan fingerprint density at radius 3 is 1.36 bits per heavy atom. The number of quaternary nitrogens is 1.